The smallest absolute Gasteiger partial charge is 0.153 e. The van der Waals surface area contributed by atoms with Gasteiger partial charge >= 0.3 is 0 Å². The molecule has 1 fully saturated rings. The van der Waals surface area contributed by atoms with Gasteiger partial charge in [0.05, 0.1) is 22.6 Å². The molecule has 2 aromatic heterocycles. The average molecular weight is 600 g/mol. The minimum Gasteiger partial charge on any atom is -0.340 e. The zero-order valence-electron chi connectivity index (χ0n) is 27.6. The first-order valence-corrected chi connectivity index (χ1v) is 16.5. The Morgan fingerprint density at radius 3 is 2.38 bits per heavy atom. The highest BCUT2D eigenvalue weighted by molar-refractivity contribution is 5.77. The van der Waals surface area contributed by atoms with Crippen LogP contribution >= 0.6 is 0 Å². The number of nitrogens with two attached hydrogens (primary N) is 1. The number of aromatic nitrogens is 4. The van der Waals surface area contributed by atoms with Crippen molar-refractivity contribution in [1.29, 1.82) is 0 Å². The van der Waals surface area contributed by atoms with Gasteiger partial charge in [0.25, 0.3) is 0 Å². The lowest BCUT2D eigenvalue weighted by atomic mass is 9.75. The number of imidazole rings is 1. The van der Waals surface area contributed by atoms with Crippen molar-refractivity contribution in [3.8, 4) is 22.6 Å². The van der Waals surface area contributed by atoms with Crippen LogP contribution in [0.15, 0.2) is 103 Å². The number of nitrogens with zero attached hydrogens (tertiary/aromatic N) is 3. The van der Waals surface area contributed by atoms with Crippen molar-refractivity contribution in [2.45, 2.75) is 96.4 Å². The summed E-state index contributed by atoms with van der Waals surface area (Å²) >= 11 is 0. The number of aromatic amines is 1. The second kappa shape index (κ2) is 14.3. The molecule has 0 saturated heterocycles. The molecule has 0 amide bonds. The summed E-state index contributed by atoms with van der Waals surface area (Å²) in [5, 5.41) is 0. The molecule has 45 heavy (non-hydrogen) atoms. The van der Waals surface area contributed by atoms with Gasteiger partial charge in [0.2, 0.25) is 0 Å². The molecule has 2 aromatic carbocycles. The fourth-order valence-electron chi connectivity index (χ4n) is 6.21. The van der Waals surface area contributed by atoms with Crippen LogP contribution in [-0.2, 0) is 11.0 Å². The zero-order valence-corrected chi connectivity index (χ0v) is 27.6. The van der Waals surface area contributed by atoms with E-state index in [9.17, 15) is 0 Å². The van der Waals surface area contributed by atoms with E-state index in [2.05, 4.69) is 79.8 Å². The van der Waals surface area contributed by atoms with Crippen LogP contribution in [0.25, 0.3) is 22.6 Å². The molecule has 2 heterocycles. The zero-order chi connectivity index (χ0) is 31.9. The highest BCUT2D eigenvalue weighted by Crippen LogP contribution is 2.41. The van der Waals surface area contributed by atoms with Gasteiger partial charge < -0.3 is 10.7 Å². The first-order valence-electron chi connectivity index (χ1n) is 16.5. The molecule has 0 spiro atoms. The van der Waals surface area contributed by atoms with Crippen molar-refractivity contribution in [2.24, 2.45) is 5.73 Å². The van der Waals surface area contributed by atoms with Gasteiger partial charge in [-0.15, -0.1) is 6.58 Å². The molecule has 4 aromatic rings. The minimum atomic E-state index is -0.806. The van der Waals surface area contributed by atoms with Gasteiger partial charge in [0.1, 0.15) is 5.82 Å². The normalized spacial score (nSPS) is 17.0. The van der Waals surface area contributed by atoms with Crippen LogP contribution < -0.4 is 5.73 Å². The van der Waals surface area contributed by atoms with Crippen LogP contribution in [-0.4, -0.2) is 19.9 Å². The SMILES string of the molecule is C=C(C)CCC1=CCCC=C1.Cc1ccc(-c2nc(C3(C)CCCCC3)[nH]c2-c2ccnc([C@@](C)(N)c3ccccc3)n2)cc1. The van der Waals surface area contributed by atoms with E-state index in [1.54, 1.807) is 6.20 Å². The molecule has 2 aliphatic carbocycles. The first-order chi connectivity index (χ1) is 21.7. The predicted molar refractivity (Wildman–Crippen MR) is 188 cm³/mol. The van der Waals surface area contributed by atoms with Crippen LogP contribution in [0.5, 0.6) is 0 Å². The molecular formula is C40H49N5. The number of benzene rings is 2. The Bertz CT molecular complexity index is 1630. The van der Waals surface area contributed by atoms with Gasteiger partial charge in [0, 0.05) is 17.2 Å². The molecule has 0 radical (unpaired) electrons. The van der Waals surface area contributed by atoms with Crippen molar-refractivity contribution in [1.82, 2.24) is 19.9 Å². The number of allylic oxidation sites excluding steroid dienone is 5. The number of hydrogen-bond acceptors (Lipinski definition) is 4. The van der Waals surface area contributed by atoms with Crippen LogP contribution in [0.1, 0.15) is 101 Å². The van der Waals surface area contributed by atoms with Crippen molar-refractivity contribution < 1.29 is 0 Å². The van der Waals surface area contributed by atoms with E-state index in [0.29, 0.717) is 5.82 Å². The topological polar surface area (TPSA) is 80.5 Å². The standard InChI is InChI=1S/C29H33N5.C11H16/c1-20-12-14-21(15-13-20)24-25(34-26(33-24)28(2)17-8-5-9-18-28)23-16-19-31-27(32-23)29(3,30)22-10-6-4-7-11-22;1-10(2)8-9-11-6-4-3-5-7-11/h4,6-7,10-16,19H,5,8-9,17-18,30H2,1-3H3,(H,33,34);4,6-7H,1,3,5,8-9H2,2H3/t29-;/m0./s1. The van der Waals surface area contributed by atoms with Gasteiger partial charge in [-0.25, -0.2) is 15.0 Å². The molecular weight excluding hydrogens is 550 g/mol. The summed E-state index contributed by atoms with van der Waals surface area (Å²) in [6, 6.07) is 20.5. The summed E-state index contributed by atoms with van der Waals surface area (Å²) in [5.41, 5.74) is 14.7. The lowest BCUT2D eigenvalue weighted by Gasteiger charge is -2.31. The Kier molecular flexibility index (Phi) is 10.3. The van der Waals surface area contributed by atoms with Gasteiger partial charge in [-0.3, -0.25) is 0 Å². The maximum Gasteiger partial charge on any atom is 0.153 e. The van der Waals surface area contributed by atoms with Gasteiger partial charge in [-0.05, 0) is 70.9 Å². The van der Waals surface area contributed by atoms with Gasteiger partial charge in [-0.2, -0.15) is 0 Å². The number of nitrogens with one attached hydrogen (secondary N) is 1. The van der Waals surface area contributed by atoms with Crippen molar-refractivity contribution in [3.63, 3.8) is 0 Å². The summed E-state index contributed by atoms with van der Waals surface area (Å²) in [5.74, 6) is 1.64. The number of aryl methyl sites for hydroxylation is 1. The molecule has 2 aliphatic rings. The lowest BCUT2D eigenvalue weighted by molar-refractivity contribution is 0.306. The van der Waals surface area contributed by atoms with Crippen LogP contribution in [0, 0.1) is 6.92 Å². The van der Waals surface area contributed by atoms with Crippen LogP contribution in [0.2, 0.25) is 0 Å². The summed E-state index contributed by atoms with van der Waals surface area (Å²) in [6.07, 6.45) is 19.5. The second-order valence-corrected chi connectivity index (χ2v) is 13.3. The first kappa shape index (κ1) is 32.3. The Morgan fingerprint density at radius 1 is 0.978 bits per heavy atom. The minimum absolute atomic E-state index is 0.0538. The Labute approximate surface area is 269 Å². The highest BCUT2D eigenvalue weighted by atomic mass is 15.0. The number of H-pyrrole nitrogens is 1. The maximum absolute atomic E-state index is 6.76. The largest absolute Gasteiger partial charge is 0.340 e. The summed E-state index contributed by atoms with van der Waals surface area (Å²) in [4.78, 5) is 18.4. The van der Waals surface area contributed by atoms with Crippen molar-refractivity contribution in [3.05, 3.63) is 126 Å². The third-order valence-electron chi connectivity index (χ3n) is 9.22. The Hall–Kier alpha value is -4.09. The molecule has 5 heteroatoms. The molecule has 0 bridgehead atoms. The molecule has 234 valence electrons. The molecule has 0 unspecified atom stereocenters. The maximum atomic E-state index is 6.76. The molecule has 1 saturated carbocycles. The molecule has 1 atom stereocenters. The summed E-state index contributed by atoms with van der Waals surface area (Å²) in [7, 11) is 0. The van der Waals surface area contributed by atoms with Gasteiger partial charge in [-0.1, -0.05) is 116 Å². The van der Waals surface area contributed by atoms with E-state index in [0.717, 1.165) is 53.3 Å². The van der Waals surface area contributed by atoms with Crippen LogP contribution in [0.3, 0.4) is 0 Å². The fourth-order valence-corrected chi connectivity index (χ4v) is 6.21. The molecule has 5 nitrogen and oxygen atoms in total. The number of rotatable bonds is 8. The highest BCUT2D eigenvalue weighted by Gasteiger charge is 2.34. The van der Waals surface area contributed by atoms with Crippen molar-refractivity contribution in [2.75, 3.05) is 0 Å². The lowest BCUT2D eigenvalue weighted by Crippen LogP contribution is -2.36. The molecule has 3 N–H and O–H groups in total. The summed E-state index contributed by atoms with van der Waals surface area (Å²) < 4.78 is 0. The van der Waals surface area contributed by atoms with Crippen molar-refractivity contribution >= 4 is 0 Å². The molecule has 0 aliphatic heterocycles. The third-order valence-corrected chi connectivity index (χ3v) is 9.22. The predicted octanol–water partition coefficient (Wildman–Crippen LogP) is 9.91. The third kappa shape index (κ3) is 7.96. The van der Waals surface area contributed by atoms with E-state index in [-0.39, 0.29) is 5.41 Å². The monoisotopic (exact) mass is 599 g/mol. The molecule has 6 rings (SSSR count). The Morgan fingerprint density at radius 2 is 1.71 bits per heavy atom. The van der Waals surface area contributed by atoms with E-state index in [1.807, 2.05) is 43.3 Å². The van der Waals surface area contributed by atoms with E-state index >= 15 is 0 Å². The number of hydrogen-bond donors (Lipinski definition) is 2. The fraction of sp³-hybridized carbons (Fsp3) is 0.375. The second-order valence-electron chi connectivity index (χ2n) is 13.3. The quantitative estimate of drug-likeness (QED) is 0.198. The van der Waals surface area contributed by atoms with E-state index < -0.39 is 5.54 Å². The van der Waals surface area contributed by atoms with E-state index in [1.165, 1.54) is 55.2 Å². The Balaban J connectivity index is 0.000000309. The van der Waals surface area contributed by atoms with Gasteiger partial charge in [0.15, 0.2) is 5.82 Å². The van der Waals surface area contributed by atoms with E-state index in [4.69, 9.17) is 15.7 Å². The average Bonchev–Trinajstić information content (AvgIpc) is 3.53. The van der Waals surface area contributed by atoms with Crippen LogP contribution in [0.4, 0.5) is 0 Å². The summed E-state index contributed by atoms with van der Waals surface area (Å²) in [6.45, 7) is 12.4.